The number of para-hydroxylation sites is 2. The van der Waals surface area contributed by atoms with Crippen LogP contribution < -0.4 is 4.90 Å². The van der Waals surface area contributed by atoms with Gasteiger partial charge in [0, 0.05) is 43.9 Å². The van der Waals surface area contributed by atoms with E-state index >= 15 is 0 Å². The molecule has 0 spiro atoms. The van der Waals surface area contributed by atoms with Crippen molar-refractivity contribution in [1.82, 2.24) is 0 Å². The number of benzene rings is 10. The molecular weight excluding hydrogens is 719 g/mol. The second kappa shape index (κ2) is 13.4. The van der Waals surface area contributed by atoms with Gasteiger partial charge in [0.2, 0.25) is 0 Å². The van der Waals surface area contributed by atoms with Gasteiger partial charge < -0.3 is 13.7 Å². The van der Waals surface area contributed by atoms with Crippen LogP contribution in [-0.2, 0) is 0 Å². The van der Waals surface area contributed by atoms with Crippen LogP contribution >= 0.6 is 0 Å². The molecule has 12 aromatic rings. The van der Waals surface area contributed by atoms with Crippen molar-refractivity contribution in [1.29, 1.82) is 0 Å². The Balaban J connectivity index is 1.01. The van der Waals surface area contributed by atoms with Gasteiger partial charge in [-0.3, -0.25) is 0 Å². The van der Waals surface area contributed by atoms with Gasteiger partial charge >= 0.3 is 0 Å². The van der Waals surface area contributed by atoms with Crippen molar-refractivity contribution in [2.75, 3.05) is 4.90 Å². The highest BCUT2D eigenvalue weighted by molar-refractivity contribution is 6.20. The summed E-state index contributed by atoms with van der Waals surface area (Å²) < 4.78 is 12.8. The molecule has 12 rings (SSSR count). The van der Waals surface area contributed by atoms with Crippen LogP contribution in [0.1, 0.15) is 0 Å². The molecule has 59 heavy (non-hydrogen) atoms. The van der Waals surface area contributed by atoms with Crippen molar-refractivity contribution in [2.45, 2.75) is 0 Å². The lowest BCUT2D eigenvalue weighted by Crippen LogP contribution is -2.11. The van der Waals surface area contributed by atoms with Crippen LogP contribution in [0.4, 0.5) is 17.1 Å². The van der Waals surface area contributed by atoms with Crippen LogP contribution in [0.25, 0.3) is 98.8 Å². The molecule has 2 heterocycles. The van der Waals surface area contributed by atoms with Gasteiger partial charge in [-0.2, -0.15) is 0 Å². The SMILES string of the molecule is c1ccc(N(c2ccc(-c3ccc4ccccc4c3)cc2)c2ccc(-c3ccc4oc5ccccc5c4c3)cc2)c(-c2cccc3oc4c5ccccc5ccc4c23)c1. The molecule has 0 aliphatic heterocycles. The number of furan rings is 2. The second-order valence-corrected chi connectivity index (χ2v) is 15.3. The summed E-state index contributed by atoms with van der Waals surface area (Å²) in [6, 6.07) is 75.9. The van der Waals surface area contributed by atoms with Crippen molar-refractivity contribution in [3.63, 3.8) is 0 Å². The summed E-state index contributed by atoms with van der Waals surface area (Å²) >= 11 is 0. The van der Waals surface area contributed by atoms with Crippen LogP contribution in [0.15, 0.2) is 221 Å². The zero-order chi connectivity index (χ0) is 38.9. The Hall–Kier alpha value is -7.88. The molecule has 0 unspecified atom stereocenters. The second-order valence-electron chi connectivity index (χ2n) is 15.3. The van der Waals surface area contributed by atoms with Gasteiger partial charge in [0.05, 0.1) is 5.69 Å². The topological polar surface area (TPSA) is 29.5 Å². The Morgan fingerprint density at radius 2 is 0.881 bits per heavy atom. The lowest BCUT2D eigenvalue weighted by atomic mass is 9.95. The van der Waals surface area contributed by atoms with Crippen molar-refractivity contribution >= 4 is 82.5 Å². The molecule has 0 fully saturated rings. The molecule has 0 N–H and O–H groups in total. The van der Waals surface area contributed by atoms with Gasteiger partial charge in [-0.25, -0.2) is 0 Å². The van der Waals surface area contributed by atoms with Crippen molar-refractivity contribution in [2.24, 2.45) is 0 Å². The van der Waals surface area contributed by atoms with Crippen LogP contribution in [0.3, 0.4) is 0 Å². The maximum atomic E-state index is 6.66. The highest BCUT2D eigenvalue weighted by Crippen LogP contribution is 2.46. The fraction of sp³-hybridized carbons (Fsp3) is 0. The molecular formula is C56H35NO2. The quantitative estimate of drug-likeness (QED) is 0.169. The average Bonchev–Trinajstić information content (AvgIpc) is 3.88. The first kappa shape index (κ1) is 33.3. The lowest BCUT2D eigenvalue weighted by molar-refractivity contribution is 0.669. The van der Waals surface area contributed by atoms with E-state index in [1.54, 1.807) is 0 Å². The predicted octanol–water partition coefficient (Wildman–Crippen LogP) is 16.3. The van der Waals surface area contributed by atoms with Gasteiger partial charge in [-0.05, 0) is 111 Å². The summed E-state index contributed by atoms with van der Waals surface area (Å²) in [5, 5.41) is 9.24. The molecule has 0 radical (unpaired) electrons. The maximum Gasteiger partial charge on any atom is 0.143 e. The van der Waals surface area contributed by atoms with E-state index in [1.165, 1.54) is 27.3 Å². The van der Waals surface area contributed by atoms with E-state index in [4.69, 9.17) is 8.83 Å². The molecule has 3 heteroatoms. The number of nitrogens with zero attached hydrogens (tertiary/aromatic N) is 1. The summed E-state index contributed by atoms with van der Waals surface area (Å²) in [6.07, 6.45) is 0. The van der Waals surface area contributed by atoms with E-state index in [2.05, 4.69) is 205 Å². The van der Waals surface area contributed by atoms with E-state index in [0.29, 0.717) is 0 Å². The zero-order valence-electron chi connectivity index (χ0n) is 32.0. The molecule has 0 atom stereocenters. The molecule has 0 aliphatic rings. The minimum atomic E-state index is 0.877. The van der Waals surface area contributed by atoms with Crippen LogP contribution in [0.5, 0.6) is 0 Å². The number of hydrogen-bond donors (Lipinski definition) is 0. The summed E-state index contributed by atoms with van der Waals surface area (Å²) in [7, 11) is 0. The summed E-state index contributed by atoms with van der Waals surface area (Å²) in [5.74, 6) is 0. The van der Waals surface area contributed by atoms with Crippen molar-refractivity contribution < 1.29 is 8.83 Å². The first-order valence-corrected chi connectivity index (χ1v) is 20.1. The predicted molar refractivity (Wildman–Crippen MR) is 247 cm³/mol. The molecule has 0 aliphatic carbocycles. The Morgan fingerprint density at radius 3 is 1.69 bits per heavy atom. The molecule has 0 bridgehead atoms. The third kappa shape index (κ3) is 5.51. The number of hydrogen-bond acceptors (Lipinski definition) is 3. The van der Waals surface area contributed by atoms with E-state index in [-0.39, 0.29) is 0 Å². The largest absolute Gasteiger partial charge is 0.456 e. The molecule has 276 valence electrons. The number of rotatable bonds is 6. The zero-order valence-corrected chi connectivity index (χ0v) is 32.0. The van der Waals surface area contributed by atoms with Gasteiger partial charge in [0.15, 0.2) is 0 Å². The normalized spacial score (nSPS) is 11.7. The van der Waals surface area contributed by atoms with Gasteiger partial charge in [-0.15, -0.1) is 0 Å². The van der Waals surface area contributed by atoms with E-state index in [0.717, 1.165) is 88.6 Å². The molecule has 0 saturated heterocycles. The minimum Gasteiger partial charge on any atom is -0.456 e. The molecule has 3 nitrogen and oxygen atoms in total. The third-order valence-electron chi connectivity index (χ3n) is 11.9. The Morgan fingerprint density at radius 1 is 0.305 bits per heavy atom. The highest BCUT2D eigenvalue weighted by atomic mass is 16.3. The fourth-order valence-corrected chi connectivity index (χ4v) is 8.98. The highest BCUT2D eigenvalue weighted by Gasteiger charge is 2.21. The van der Waals surface area contributed by atoms with E-state index in [9.17, 15) is 0 Å². The van der Waals surface area contributed by atoms with Crippen LogP contribution in [0.2, 0.25) is 0 Å². The minimum absolute atomic E-state index is 0.877. The smallest absolute Gasteiger partial charge is 0.143 e. The van der Waals surface area contributed by atoms with E-state index in [1.807, 2.05) is 12.1 Å². The fourth-order valence-electron chi connectivity index (χ4n) is 8.98. The summed E-state index contributed by atoms with van der Waals surface area (Å²) in [4.78, 5) is 2.38. The monoisotopic (exact) mass is 753 g/mol. The lowest BCUT2D eigenvalue weighted by Gasteiger charge is -2.28. The molecule has 0 saturated carbocycles. The first-order valence-electron chi connectivity index (χ1n) is 20.1. The molecule has 10 aromatic carbocycles. The average molecular weight is 754 g/mol. The van der Waals surface area contributed by atoms with E-state index < -0.39 is 0 Å². The van der Waals surface area contributed by atoms with Crippen molar-refractivity contribution in [3.05, 3.63) is 212 Å². The van der Waals surface area contributed by atoms with Crippen LogP contribution in [-0.4, -0.2) is 0 Å². The van der Waals surface area contributed by atoms with Gasteiger partial charge in [0.1, 0.15) is 22.3 Å². The van der Waals surface area contributed by atoms with Gasteiger partial charge in [-0.1, -0.05) is 146 Å². The standard InChI is InChI=1S/C56H35NO2/c1-2-12-40-34-41(21-20-36(40)10-1)37-22-28-43(29-23-37)57(44-30-24-38(25-31-44)42-27-33-53-50(35-42)47-15-6-8-18-52(47)58-53)51-17-7-5-14-46(51)48-16-9-19-54-55(48)49-32-26-39-11-3-4-13-45(39)56(49)59-54/h1-35H. The summed E-state index contributed by atoms with van der Waals surface area (Å²) in [6.45, 7) is 0. The number of fused-ring (bicyclic) bond motifs is 9. The summed E-state index contributed by atoms with van der Waals surface area (Å²) in [5.41, 5.74) is 13.7. The Labute approximate surface area is 340 Å². The molecule has 2 aromatic heterocycles. The van der Waals surface area contributed by atoms with Crippen molar-refractivity contribution in [3.8, 4) is 33.4 Å². The molecule has 0 amide bonds. The van der Waals surface area contributed by atoms with Crippen LogP contribution in [0, 0.1) is 0 Å². The Bertz CT molecular complexity index is 3550. The number of anilines is 3. The first-order chi connectivity index (χ1) is 29.2. The maximum absolute atomic E-state index is 6.66. The van der Waals surface area contributed by atoms with Gasteiger partial charge in [0.25, 0.3) is 0 Å². The third-order valence-corrected chi connectivity index (χ3v) is 11.9. The Kier molecular flexibility index (Phi) is 7.54.